The molecule has 0 spiro atoms. The Kier molecular flexibility index (Phi) is 9.72. The van der Waals surface area contributed by atoms with Crippen molar-refractivity contribution in [2.75, 3.05) is 13.6 Å². The van der Waals surface area contributed by atoms with Crippen molar-refractivity contribution < 1.29 is 18.0 Å². The van der Waals surface area contributed by atoms with Crippen molar-refractivity contribution in [3.63, 3.8) is 0 Å². The summed E-state index contributed by atoms with van der Waals surface area (Å²) in [5.41, 5.74) is 0.652. The van der Waals surface area contributed by atoms with Crippen LogP contribution in [0.15, 0.2) is 53.4 Å². The first kappa shape index (κ1) is 27.1. The molecule has 2 aromatic carbocycles. The topological polar surface area (TPSA) is 86.8 Å². The van der Waals surface area contributed by atoms with Gasteiger partial charge in [-0.15, -0.1) is 0 Å². The minimum absolute atomic E-state index is 0.0161. The Bertz CT molecular complexity index is 1080. The molecule has 0 aliphatic rings. The maximum Gasteiger partial charge on any atom is 0.243 e. The molecule has 0 radical (unpaired) electrons. The van der Waals surface area contributed by atoms with E-state index in [2.05, 4.69) is 5.32 Å². The molecule has 0 aromatic heterocycles. The molecule has 2 atom stereocenters. The van der Waals surface area contributed by atoms with Gasteiger partial charge in [-0.2, -0.15) is 4.31 Å². The van der Waals surface area contributed by atoms with Gasteiger partial charge in [-0.05, 0) is 56.2 Å². The van der Waals surface area contributed by atoms with Crippen LogP contribution in [0.25, 0.3) is 0 Å². The Hall–Kier alpha value is -2.13. The SMILES string of the molecule is CC[C@H](C)NC(=O)[C@H](C)N(Cc1ccccc1Cl)C(=O)CN(C)S(=O)(=O)c1ccc(Cl)cc1. The summed E-state index contributed by atoms with van der Waals surface area (Å²) in [4.78, 5) is 27.4. The van der Waals surface area contributed by atoms with E-state index in [1.807, 2.05) is 13.8 Å². The molecule has 33 heavy (non-hydrogen) atoms. The lowest BCUT2D eigenvalue weighted by atomic mass is 10.1. The lowest BCUT2D eigenvalue weighted by molar-refractivity contribution is -0.140. The third kappa shape index (κ3) is 7.17. The van der Waals surface area contributed by atoms with E-state index in [0.29, 0.717) is 15.6 Å². The van der Waals surface area contributed by atoms with Gasteiger partial charge in [0.05, 0.1) is 11.4 Å². The van der Waals surface area contributed by atoms with E-state index in [1.165, 1.54) is 36.2 Å². The molecule has 0 unspecified atom stereocenters. The van der Waals surface area contributed by atoms with Gasteiger partial charge in [0.1, 0.15) is 6.04 Å². The minimum atomic E-state index is -3.93. The summed E-state index contributed by atoms with van der Waals surface area (Å²) < 4.78 is 26.8. The van der Waals surface area contributed by atoms with Crippen molar-refractivity contribution in [1.29, 1.82) is 0 Å². The van der Waals surface area contributed by atoms with E-state index < -0.39 is 28.5 Å². The quantitative estimate of drug-likeness (QED) is 0.521. The fourth-order valence-electron chi connectivity index (χ4n) is 3.01. The number of hydrogen-bond donors (Lipinski definition) is 1. The number of hydrogen-bond acceptors (Lipinski definition) is 4. The highest BCUT2D eigenvalue weighted by Gasteiger charge is 2.30. The van der Waals surface area contributed by atoms with Crippen LogP contribution in [0.4, 0.5) is 0 Å². The molecular formula is C23H29Cl2N3O4S. The summed E-state index contributed by atoms with van der Waals surface area (Å²) >= 11 is 12.1. The molecule has 0 aliphatic carbocycles. The maximum atomic E-state index is 13.3. The zero-order chi connectivity index (χ0) is 24.8. The minimum Gasteiger partial charge on any atom is -0.352 e. The number of sulfonamides is 1. The second-order valence-corrected chi connectivity index (χ2v) is 10.7. The Morgan fingerprint density at radius 3 is 2.21 bits per heavy atom. The highest BCUT2D eigenvalue weighted by atomic mass is 35.5. The van der Waals surface area contributed by atoms with Crippen molar-refractivity contribution in [1.82, 2.24) is 14.5 Å². The van der Waals surface area contributed by atoms with Gasteiger partial charge >= 0.3 is 0 Å². The molecule has 7 nitrogen and oxygen atoms in total. The summed E-state index contributed by atoms with van der Waals surface area (Å²) in [5, 5.41) is 3.72. The summed E-state index contributed by atoms with van der Waals surface area (Å²) in [7, 11) is -2.61. The van der Waals surface area contributed by atoms with Crippen molar-refractivity contribution >= 4 is 45.0 Å². The van der Waals surface area contributed by atoms with E-state index in [0.717, 1.165) is 10.7 Å². The third-order valence-electron chi connectivity index (χ3n) is 5.35. The molecule has 0 heterocycles. The van der Waals surface area contributed by atoms with Crippen LogP contribution in [0, 0.1) is 0 Å². The van der Waals surface area contributed by atoms with Gasteiger partial charge in [0, 0.05) is 29.7 Å². The number of amides is 2. The Labute approximate surface area is 205 Å². The average molecular weight is 514 g/mol. The number of likely N-dealkylation sites (N-methyl/N-ethyl adjacent to an activating group) is 1. The molecule has 2 aromatic rings. The van der Waals surface area contributed by atoms with Crippen LogP contribution in [0.5, 0.6) is 0 Å². The molecular weight excluding hydrogens is 485 g/mol. The second kappa shape index (κ2) is 11.8. The van der Waals surface area contributed by atoms with Gasteiger partial charge in [0.25, 0.3) is 0 Å². The molecule has 2 amide bonds. The molecule has 10 heteroatoms. The summed E-state index contributed by atoms with van der Waals surface area (Å²) in [6, 6.07) is 11.8. The molecule has 1 N–H and O–H groups in total. The zero-order valence-corrected chi connectivity index (χ0v) is 21.4. The van der Waals surface area contributed by atoms with Crippen molar-refractivity contribution in [2.45, 2.75) is 50.7 Å². The average Bonchev–Trinajstić information content (AvgIpc) is 2.78. The Balaban J connectivity index is 2.29. The second-order valence-electron chi connectivity index (χ2n) is 7.82. The van der Waals surface area contributed by atoms with Gasteiger partial charge < -0.3 is 10.2 Å². The predicted molar refractivity (Wildman–Crippen MR) is 131 cm³/mol. The standard InChI is InChI=1S/C23H29Cl2N3O4S/c1-5-16(2)26-23(30)17(3)28(14-18-8-6-7-9-21(18)25)22(29)15-27(4)33(31,32)20-12-10-19(24)11-13-20/h6-13,16-17H,5,14-15H2,1-4H3,(H,26,30)/t16-,17-/m0/s1. The molecule has 0 aliphatic heterocycles. The monoisotopic (exact) mass is 513 g/mol. The molecule has 0 bridgehead atoms. The van der Waals surface area contributed by atoms with Crippen LogP contribution in [0.3, 0.4) is 0 Å². The molecule has 0 fully saturated rings. The molecule has 0 saturated carbocycles. The lowest BCUT2D eigenvalue weighted by Crippen LogP contribution is -2.51. The van der Waals surface area contributed by atoms with E-state index in [-0.39, 0.29) is 23.4 Å². The first-order chi connectivity index (χ1) is 15.5. The van der Waals surface area contributed by atoms with Crippen LogP contribution < -0.4 is 5.32 Å². The van der Waals surface area contributed by atoms with Crippen LogP contribution in [0.1, 0.15) is 32.8 Å². The van der Waals surface area contributed by atoms with Crippen LogP contribution in [0.2, 0.25) is 10.0 Å². The highest BCUT2D eigenvalue weighted by molar-refractivity contribution is 7.89. The molecule has 2 rings (SSSR count). The van der Waals surface area contributed by atoms with Gasteiger partial charge in [0.2, 0.25) is 21.8 Å². The predicted octanol–water partition coefficient (Wildman–Crippen LogP) is 3.95. The number of nitrogens with zero attached hydrogens (tertiary/aromatic N) is 2. The Morgan fingerprint density at radius 2 is 1.64 bits per heavy atom. The van der Waals surface area contributed by atoms with E-state index in [1.54, 1.807) is 31.2 Å². The Morgan fingerprint density at radius 1 is 1.03 bits per heavy atom. The van der Waals surface area contributed by atoms with E-state index in [9.17, 15) is 18.0 Å². The number of nitrogens with one attached hydrogen (secondary N) is 1. The van der Waals surface area contributed by atoms with Crippen LogP contribution in [-0.2, 0) is 26.2 Å². The van der Waals surface area contributed by atoms with Crippen molar-refractivity contribution in [3.8, 4) is 0 Å². The fraction of sp³-hybridized carbons (Fsp3) is 0.391. The number of carbonyl (C=O) groups is 2. The van der Waals surface area contributed by atoms with Crippen LogP contribution >= 0.6 is 23.2 Å². The summed E-state index contributed by atoms with van der Waals surface area (Å²) in [6.07, 6.45) is 0.735. The maximum absolute atomic E-state index is 13.3. The van der Waals surface area contributed by atoms with Gasteiger partial charge in [0.15, 0.2) is 0 Å². The van der Waals surface area contributed by atoms with E-state index >= 15 is 0 Å². The van der Waals surface area contributed by atoms with Crippen molar-refractivity contribution in [3.05, 3.63) is 64.1 Å². The zero-order valence-electron chi connectivity index (χ0n) is 19.1. The lowest BCUT2D eigenvalue weighted by Gasteiger charge is -2.31. The number of benzene rings is 2. The first-order valence-corrected chi connectivity index (χ1v) is 12.7. The normalized spacial score (nSPS) is 13.4. The van der Waals surface area contributed by atoms with Gasteiger partial charge in [-0.25, -0.2) is 8.42 Å². The largest absolute Gasteiger partial charge is 0.352 e. The fourth-order valence-corrected chi connectivity index (χ4v) is 4.45. The number of rotatable bonds is 10. The summed E-state index contributed by atoms with van der Waals surface area (Å²) in [5.74, 6) is -0.852. The number of halogens is 2. The van der Waals surface area contributed by atoms with Gasteiger partial charge in [-0.3, -0.25) is 9.59 Å². The van der Waals surface area contributed by atoms with Crippen molar-refractivity contribution in [2.24, 2.45) is 0 Å². The van der Waals surface area contributed by atoms with Gasteiger partial charge in [-0.1, -0.05) is 48.3 Å². The van der Waals surface area contributed by atoms with E-state index in [4.69, 9.17) is 23.2 Å². The smallest absolute Gasteiger partial charge is 0.243 e. The first-order valence-electron chi connectivity index (χ1n) is 10.5. The molecule has 0 saturated heterocycles. The third-order valence-corrected chi connectivity index (χ3v) is 7.78. The molecule has 180 valence electrons. The van der Waals surface area contributed by atoms with Crippen LogP contribution in [-0.4, -0.2) is 55.1 Å². The number of carbonyl (C=O) groups excluding carboxylic acids is 2. The highest BCUT2D eigenvalue weighted by Crippen LogP contribution is 2.21. The summed E-state index contributed by atoms with van der Waals surface area (Å²) in [6.45, 7) is 5.04.